The Morgan fingerprint density at radius 1 is 1.04 bits per heavy atom. The molecule has 0 saturated heterocycles. The molecule has 0 bridgehead atoms. The molecule has 23 heavy (non-hydrogen) atoms. The Hall–Kier alpha value is -1.94. The SMILES string of the molecule is O=C(O)CCP(=O)(O)C(NCc1ccccc1)c1ccccc1. The van der Waals surface area contributed by atoms with Crippen molar-refractivity contribution in [2.45, 2.75) is 18.7 Å². The molecule has 0 fully saturated rings. The van der Waals surface area contributed by atoms with E-state index in [1.54, 1.807) is 24.3 Å². The molecule has 122 valence electrons. The Kier molecular flexibility index (Phi) is 6.11. The molecule has 0 spiro atoms. The predicted octanol–water partition coefficient (Wildman–Crippen LogP) is 3.22. The summed E-state index contributed by atoms with van der Waals surface area (Å²) in [5, 5.41) is 11.9. The monoisotopic (exact) mass is 333 g/mol. The minimum Gasteiger partial charge on any atom is -0.481 e. The van der Waals surface area contributed by atoms with Crippen LogP contribution in [0, 0.1) is 0 Å². The average Bonchev–Trinajstić information content (AvgIpc) is 2.55. The first-order valence-electron chi connectivity index (χ1n) is 7.34. The van der Waals surface area contributed by atoms with Crippen LogP contribution in [0.5, 0.6) is 0 Å². The normalized spacial score (nSPS) is 14.8. The fraction of sp³-hybridized carbons (Fsp3) is 0.235. The number of rotatable bonds is 8. The van der Waals surface area contributed by atoms with Gasteiger partial charge in [-0.2, -0.15) is 0 Å². The zero-order chi connectivity index (χ0) is 16.7. The van der Waals surface area contributed by atoms with Crippen molar-refractivity contribution in [2.75, 3.05) is 6.16 Å². The largest absolute Gasteiger partial charge is 0.481 e. The summed E-state index contributed by atoms with van der Waals surface area (Å²) in [5.41, 5.74) is 1.67. The number of carboxylic acid groups (broad SMARTS) is 1. The first-order valence-corrected chi connectivity index (χ1v) is 9.26. The van der Waals surface area contributed by atoms with Gasteiger partial charge in [0, 0.05) is 12.7 Å². The molecule has 2 unspecified atom stereocenters. The highest BCUT2D eigenvalue weighted by molar-refractivity contribution is 7.58. The molecule has 0 aliphatic carbocycles. The molecular formula is C17H20NO4P. The Bertz CT molecular complexity index is 676. The lowest BCUT2D eigenvalue weighted by Crippen LogP contribution is -2.22. The fourth-order valence-electron chi connectivity index (χ4n) is 2.32. The second-order valence-corrected chi connectivity index (χ2v) is 7.78. The maximum Gasteiger partial charge on any atom is 0.303 e. The van der Waals surface area contributed by atoms with E-state index in [1.807, 2.05) is 36.4 Å². The van der Waals surface area contributed by atoms with E-state index >= 15 is 0 Å². The van der Waals surface area contributed by atoms with Gasteiger partial charge in [-0.25, -0.2) is 0 Å². The van der Waals surface area contributed by atoms with E-state index in [0.29, 0.717) is 12.1 Å². The Balaban J connectivity index is 2.18. The van der Waals surface area contributed by atoms with Crippen molar-refractivity contribution in [1.29, 1.82) is 0 Å². The Morgan fingerprint density at radius 3 is 2.17 bits per heavy atom. The zero-order valence-corrected chi connectivity index (χ0v) is 13.5. The number of aliphatic carboxylic acids is 1. The molecule has 5 nitrogen and oxygen atoms in total. The number of hydrogen-bond acceptors (Lipinski definition) is 3. The van der Waals surface area contributed by atoms with Crippen molar-refractivity contribution in [3.05, 3.63) is 71.8 Å². The summed E-state index contributed by atoms with van der Waals surface area (Å²) in [7, 11) is -3.71. The van der Waals surface area contributed by atoms with Gasteiger partial charge in [0.15, 0.2) is 0 Å². The summed E-state index contributed by atoms with van der Waals surface area (Å²) in [5.74, 6) is -1.86. The number of carbonyl (C=O) groups is 1. The van der Waals surface area contributed by atoms with Gasteiger partial charge in [-0.05, 0) is 11.1 Å². The van der Waals surface area contributed by atoms with Gasteiger partial charge in [-0.3, -0.25) is 14.7 Å². The van der Waals surface area contributed by atoms with Crippen LogP contribution in [0.1, 0.15) is 23.3 Å². The smallest absolute Gasteiger partial charge is 0.303 e. The van der Waals surface area contributed by atoms with Gasteiger partial charge in [-0.1, -0.05) is 60.7 Å². The Morgan fingerprint density at radius 2 is 1.61 bits per heavy atom. The third kappa shape index (κ3) is 5.32. The van der Waals surface area contributed by atoms with Gasteiger partial charge >= 0.3 is 5.97 Å². The van der Waals surface area contributed by atoms with Crippen LogP contribution >= 0.6 is 7.37 Å². The summed E-state index contributed by atoms with van der Waals surface area (Å²) in [6.45, 7) is 0.429. The van der Waals surface area contributed by atoms with Crippen molar-refractivity contribution in [2.24, 2.45) is 0 Å². The van der Waals surface area contributed by atoms with Crippen LogP contribution in [-0.2, 0) is 15.9 Å². The minimum atomic E-state index is -3.71. The van der Waals surface area contributed by atoms with Crippen molar-refractivity contribution >= 4 is 13.3 Å². The van der Waals surface area contributed by atoms with Gasteiger partial charge < -0.3 is 10.00 Å². The number of nitrogens with one attached hydrogen (secondary N) is 1. The molecule has 2 aromatic carbocycles. The summed E-state index contributed by atoms with van der Waals surface area (Å²) in [4.78, 5) is 21.1. The molecule has 0 aliphatic heterocycles. The summed E-state index contributed by atoms with van der Waals surface area (Å²) in [6, 6.07) is 18.5. The van der Waals surface area contributed by atoms with E-state index in [-0.39, 0.29) is 12.6 Å². The van der Waals surface area contributed by atoms with Crippen molar-refractivity contribution in [1.82, 2.24) is 5.32 Å². The molecule has 2 rings (SSSR count). The highest BCUT2D eigenvalue weighted by atomic mass is 31.2. The first kappa shape index (κ1) is 17.4. The van der Waals surface area contributed by atoms with E-state index in [4.69, 9.17) is 5.11 Å². The van der Waals surface area contributed by atoms with Gasteiger partial charge in [0.05, 0.1) is 6.42 Å². The third-order valence-electron chi connectivity index (χ3n) is 3.51. The average molecular weight is 333 g/mol. The van der Waals surface area contributed by atoms with E-state index in [2.05, 4.69) is 5.32 Å². The lowest BCUT2D eigenvalue weighted by molar-refractivity contribution is -0.136. The van der Waals surface area contributed by atoms with Gasteiger partial charge in [0.1, 0.15) is 5.78 Å². The molecule has 3 N–H and O–H groups in total. The van der Waals surface area contributed by atoms with Gasteiger partial charge in [0.2, 0.25) is 7.37 Å². The van der Waals surface area contributed by atoms with Crippen LogP contribution in [-0.4, -0.2) is 22.1 Å². The summed E-state index contributed by atoms with van der Waals surface area (Å²) < 4.78 is 12.7. The lowest BCUT2D eigenvalue weighted by Gasteiger charge is -2.24. The van der Waals surface area contributed by atoms with Crippen LogP contribution in [0.3, 0.4) is 0 Å². The van der Waals surface area contributed by atoms with Crippen molar-refractivity contribution in [3.8, 4) is 0 Å². The van der Waals surface area contributed by atoms with Crippen LogP contribution in [0.2, 0.25) is 0 Å². The third-order valence-corrected chi connectivity index (χ3v) is 5.66. The summed E-state index contributed by atoms with van der Waals surface area (Å²) >= 11 is 0. The Labute approximate surface area is 135 Å². The topological polar surface area (TPSA) is 86.6 Å². The maximum absolute atomic E-state index is 12.7. The van der Waals surface area contributed by atoms with Crippen LogP contribution < -0.4 is 5.32 Å². The van der Waals surface area contributed by atoms with Crippen molar-refractivity contribution in [3.63, 3.8) is 0 Å². The maximum atomic E-state index is 12.7. The molecule has 6 heteroatoms. The highest BCUT2D eigenvalue weighted by Crippen LogP contribution is 2.54. The summed E-state index contributed by atoms with van der Waals surface area (Å²) in [6.07, 6.45) is -0.589. The minimum absolute atomic E-state index is 0.260. The number of benzene rings is 2. The quantitative estimate of drug-likeness (QED) is 0.646. The molecule has 0 heterocycles. The molecule has 0 aliphatic rings. The molecule has 0 amide bonds. The molecule has 2 aromatic rings. The molecule has 0 radical (unpaired) electrons. The first-order chi connectivity index (χ1) is 11.0. The van der Waals surface area contributed by atoms with Crippen LogP contribution in [0.25, 0.3) is 0 Å². The van der Waals surface area contributed by atoms with Crippen molar-refractivity contribution < 1.29 is 19.4 Å². The van der Waals surface area contributed by atoms with E-state index in [9.17, 15) is 14.3 Å². The lowest BCUT2D eigenvalue weighted by atomic mass is 10.2. The molecule has 0 aromatic heterocycles. The zero-order valence-electron chi connectivity index (χ0n) is 12.6. The fourth-order valence-corrected chi connectivity index (χ4v) is 4.11. The second-order valence-electron chi connectivity index (χ2n) is 5.30. The molecule has 2 atom stereocenters. The number of carboxylic acids is 1. The van der Waals surface area contributed by atoms with E-state index in [0.717, 1.165) is 5.56 Å². The second kappa shape index (κ2) is 8.06. The van der Waals surface area contributed by atoms with E-state index in [1.165, 1.54) is 0 Å². The van der Waals surface area contributed by atoms with Crippen LogP contribution in [0.4, 0.5) is 0 Å². The molecular weight excluding hydrogens is 313 g/mol. The van der Waals surface area contributed by atoms with Gasteiger partial charge in [-0.15, -0.1) is 0 Å². The van der Waals surface area contributed by atoms with Crippen LogP contribution in [0.15, 0.2) is 60.7 Å². The molecule has 0 saturated carbocycles. The van der Waals surface area contributed by atoms with E-state index < -0.39 is 19.1 Å². The highest BCUT2D eigenvalue weighted by Gasteiger charge is 2.32. The predicted molar refractivity (Wildman–Crippen MR) is 89.4 cm³/mol. The van der Waals surface area contributed by atoms with Gasteiger partial charge in [0.25, 0.3) is 0 Å². The number of hydrogen-bond donors (Lipinski definition) is 3. The standard InChI is InChI=1S/C17H20NO4P/c19-16(20)11-12-23(21,22)17(15-9-5-2-6-10-15)18-13-14-7-3-1-4-8-14/h1-10,17-18H,11-13H2,(H,19,20)(H,21,22).